The number of carbonyl (C=O) groups is 1. The summed E-state index contributed by atoms with van der Waals surface area (Å²) in [5.41, 5.74) is 1.99. The van der Waals surface area contributed by atoms with E-state index in [0.29, 0.717) is 11.8 Å². The van der Waals surface area contributed by atoms with E-state index in [2.05, 4.69) is 41.2 Å². The van der Waals surface area contributed by atoms with Crippen molar-refractivity contribution in [2.75, 3.05) is 6.54 Å². The van der Waals surface area contributed by atoms with Gasteiger partial charge in [-0.05, 0) is 29.7 Å². The maximum atomic E-state index is 11.6. The van der Waals surface area contributed by atoms with Crippen LogP contribution >= 0.6 is 15.9 Å². The predicted octanol–water partition coefficient (Wildman–Crippen LogP) is 2.93. The molecular formula is C12H14BrNO. The van der Waals surface area contributed by atoms with Gasteiger partial charge in [0.1, 0.15) is 0 Å². The second kappa shape index (κ2) is 3.97. The van der Waals surface area contributed by atoms with Crippen molar-refractivity contribution in [2.45, 2.75) is 19.8 Å². The molecule has 0 spiro atoms. The van der Waals surface area contributed by atoms with Crippen LogP contribution in [-0.4, -0.2) is 12.5 Å². The molecule has 0 fully saturated rings. The Kier molecular flexibility index (Phi) is 2.83. The summed E-state index contributed by atoms with van der Waals surface area (Å²) in [7, 11) is 0. The highest BCUT2D eigenvalue weighted by molar-refractivity contribution is 9.10. The third kappa shape index (κ3) is 1.93. The third-order valence-corrected chi connectivity index (χ3v) is 3.44. The molecule has 2 nitrogen and oxygen atoms in total. The van der Waals surface area contributed by atoms with Gasteiger partial charge in [0.2, 0.25) is 0 Å². The summed E-state index contributed by atoms with van der Waals surface area (Å²) in [4.78, 5) is 11.6. The van der Waals surface area contributed by atoms with Gasteiger partial charge in [-0.3, -0.25) is 4.79 Å². The number of hydrogen-bond donors (Lipinski definition) is 1. The molecule has 15 heavy (non-hydrogen) atoms. The summed E-state index contributed by atoms with van der Waals surface area (Å²) in [6, 6.07) is 5.88. The summed E-state index contributed by atoms with van der Waals surface area (Å²) in [6.45, 7) is 5.12. The fourth-order valence-electron chi connectivity index (χ4n) is 2.05. The molecule has 3 heteroatoms. The van der Waals surface area contributed by atoms with E-state index in [-0.39, 0.29) is 5.91 Å². The fraction of sp³-hybridized carbons (Fsp3) is 0.417. The lowest BCUT2D eigenvalue weighted by Crippen LogP contribution is -2.36. The predicted molar refractivity (Wildman–Crippen MR) is 64.1 cm³/mol. The minimum Gasteiger partial charge on any atom is -0.351 e. The number of carbonyl (C=O) groups excluding carboxylic acids is 1. The van der Waals surface area contributed by atoms with E-state index in [1.165, 1.54) is 5.56 Å². The van der Waals surface area contributed by atoms with Gasteiger partial charge in [-0.15, -0.1) is 0 Å². The molecule has 1 aliphatic heterocycles. The maximum Gasteiger partial charge on any atom is 0.251 e. The van der Waals surface area contributed by atoms with Crippen LogP contribution < -0.4 is 5.32 Å². The van der Waals surface area contributed by atoms with Crippen molar-refractivity contribution in [1.29, 1.82) is 0 Å². The number of rotatable bonds is 1. The van der Waals surface area contributed by atoms with Crippen molar-refractivity contribution in [3.05, 3.63) is 33.8 Å². The second-order valence-corrected chi connectivity index (χ2v) is 5.21. The highest BCUT2D eigenvalue weighted by Crippen LogP contribution is 2.31. The van der Waals surface area contributed by atoms with E-state index in [1.807, 2.05) is 12.1 Å². The van der Waals surface area contributed by atoms with Crippen LogP contribution in [0.4, 0.5) is 0 Å². The number of amides is 1. The maximum absolute atomic E-state index is 11.6. The molecule has 1 unspecified atom stereocenters. The minimum absolute atomic E-state index is 0.0504. The van der Waals surface area contributed by atoms with E-state index in [1.54, 1.807) is 0 Å². The highest BCUT2D eigenvalue weighted by Gasteiger charge is 2.27. The fourth-order valence-corrected chi connectivity index (χ4v) is 2.43. The highest BCUT2D eigenvalue weighted by atomic mass is 79.9. The summed E-state index contributed by atoms with van der Waals surface area (Å²) in [5, 5.41) is 2.93. The van der Waals surface area contributed by atoms with Crippen molar-refractivity contribution in [3.8, 4) is 0 Å². The van der Waals surface area contributed by atoms with Gasteiger partial charge in [0, 0.05) is 22.5 Å². The van der Waals surface area contributed by atoms with E-state index in [4.69, 9.17) is 0 Å². The van der Waals surface area contributed by atoms with Crippen LogP contribution in [0.5, 0.6) is 0 Å². The summed E-state index contributed by atoms with van der Waals surface area (Å²) >= 11 is 3.46. The molecule has 1 aromatic carbocycles. The monoisotopic (exact) mass is 267 g/mol. The number of benzene rings is 1. The van der Waals surface area contributed by atoms with Gasteiger partial charge in [0.05, 0.1) is 0 Å². The molecule has 0 bridgehead atoms. The first-order valence-electron chi connectivity index (χ1n) is 5.17. The topological polar surface area (TPSA) is 29.1 Å². The van der Waals surface area contributed by atoms with E-state index < -0.39 is 0 Å². The number of fused-ring (bicyclic) bond motifs is 1. The average molecular weight is 268 g/mol. The Morgan fingerprint density at radius 3 is 2.87 bits per heavy atom. The lowest BCUT2D eigenvalue weighted by Gasteiger charge is -2.28. The molecular weight excluding hydrogens is 254 g/mol. The molecule has 0 radical (unpaired) electrons. The number of nitrogens with one attached hydrogen (secondary N) is 1. The zero-order chi connectivity index (χ0) is 11.0. The first-order valence-corrected chi connectivity index (χ1v) is 5.96. The first-order chi connectivity index (χ1) is 7.09. The van der Waals surface area contributed by atoms with Crippen LogP contribution in [0, 0.1) is 5.92 Å². The van der Waals surface area contributed by atoms with Crippen molar-refractivity contribution in [2.24, 2.45) is 5.92 Å². The Labute approximate surface area is 98.2 Å². The molecule has 80 valence electrons. The first kappa shape index (κ1) is 10.7. The van der Waals surface area contributed by atoms with Gasteiger partial charge in [0.15, 0.2) is 0 Å². The third-order valence-electron chi connectivity index (χ3n) is 2.94. The SMILES string of the molecule is CC(C)C1CNC(=O)c2ccc(Br)cc21. The molecule has 0 aromatic heterocycles. The zero-order valence-electron chi connectivity index (χ0n) is 8.88. The van der Waals surface area contributed by atoms with Crippen LogP contribution in [0.2, 0.25) is 0 Å². The smallest absolute Gasteiger partial charge is 0.251 e. The van der Waals surface area contributed by atoms with Crippen molar-refractivity contribution in [1.82, 2.24) is 5.32 Å². The lowest BCUT2D eigenvalue weighted by molar-refractivity contribution is 0.0936. The number of halogens is 1. The molecule has 0 saturated heterocycles. The van der Waals surface area contributed by atoms with Crippen LogP contribution in [0.1, 0.15) is 35.7 Å². The van der Waals surface area contributed by atoms with Gasteiger partial charge in [-0.2, -0.15) is 0 Å². The molecule has 1 atom stereocenters. The molecule has 1 aliphatic rings. The molecule has 0 saturated carbocycles. The lowest BCUT2D eigenvalue weighted by atomic mass is 9.83. The van der Waals surface area contributed by atoms with Crippen LogP contribution in [-0.2, 0) is 0 Å². The largest absolute Gasteiger partial charge is 0.351 e. The van der Waals surface area contributed by atoms with Gasteiger partial charge in [-0.25, -0.2) is 0 Å². The molecule has 1 aromatic rings. The Bertz CT molecular complexity index is 401. The molecule has 2 rings (SSSR count). The van der Waals surface area contributed by atoms with E-state index in [0.717, 1.165) is 16.6 Å². The minimum atomic E-state index is 0.0504. The second-order valence-electron chi connectivity index (χ2n) is 4.29. The average Bonchev–Trinajstić information content (AvgIpc) is 2.17. The van der Waals surface area contributed by atoms with Gasteiger partial charge in [-0.1, -0.05) is 29.8 Å². The van der Waals surface area contributed by atoms with Gasteiger partial charge >= 0.3 is 0 Å². The van der Waals surface area contributed by atoms with Crippen molar-refractivity contribution < 1.29 is 4.79 Å². The number of hydrogen-bond acceptors (Lipinski definition) is 1. The molecule has 1 amide bonds. The van der Waals surface area contributed by atoms with Crippen LogP contribution in [0.15, 0.2) is 22.7 Å². The van der Waals surface area contributed by atoms with E-state index in [9.17, 15) is 4.79 Å². The van der Waals surface area contributed by atoms with Crippen molar-refractivity contribution in [3.63, 3.8) is 0 Å². The summed E-state index contributed by atoms with van der Waals surface area (Å²) < 4.78 is 1.04. The normalized spacial score (nSPS) is 20.0. The summed E-state index contributed by atoms with van der Waals surface area (Å²) in [5.74, 6) is 1.02. The molecule has 1 N–H and O–H groups in total. The Hall–Kier alpha value is -0.830. The van der Waals surface area contributed by atoms with E-state index >= 15 is 0 Å². The van der Waals surface area contributed by atoms with Gasteiger partial charge < -0.3 is 5.32 Å². The quantitative estimate of drug-likeness (QED) is 0.833. The molecule has 0 aliphatic carbocycles. The standard InChI is InChI=1S/C12H14BrNO/c1-7(2)11-6-14-12(15)9-4-3-8(13)5-10(9)11/h3-5,7,11H,6H2,1-2H3,(H,14,15). The Balaban J connectivity index is 2.51. The summed E-state index contributed by atoms with van der Waals surface area (Å²) in [6.07, 6.45) is 0. The zero-order valence-corrected chi connectivity index (χ0v) is 10.5. The van der Waals surface area contributed by atoms with Crippen LogP contribution in [0.25, 0.3) is 0 Å². The van der Waals surface area contributed by atoms with Gasteiger partial charge in [0.25, 0.3) is 5.91 Å². The Morgan fingerprint density at radius 1 is 1.47 bits per heavy atom. The molecule has 1 heterocycles. The Morgan fingerprint density at radius 2 is 2.20 bits per heavy atom. The van der Waals surface area contributed by atoms with Crippen molar-refractivity contribution >= 4 is 21.8 Å². The van der Waals surface area contributed by atoms with Crippen LogP contribution in [0.3, 0.4) is 0 Å².